The number of ether oxygens (including phenoxy) is 1. The van der Waals surface area contributed by atoms with Crippen molar-refractivity contribution in [2.75, 3.05) is 37.0 Å². The van der Waals surface area contributed by atoms with Crippen molar-refractivity contribution in [2.45, 2.75) is 70.5 Å². The van der Waals surface area contributed by atoms with E-state index in [4.69, 9.17) is 9.72 Å². The zero-order valence-electron chi connectivity index (χ0n) is 22.0. The van der Waals surface area contributed by atoms with Gasteiger partial charge in [-0.2, -0.15) is 4.98 Å². The van der Waals surface area contributed by atoms with Gasteiger partial charge in [0.2, 0.25) is 17.8 Å². The molecule has 41 heavy (non-hydrogen) atoms. The molecule has 2 aliphatic heterocycles. The number of fused-ring (bicyclic) bond motifs is 1. The number of carbonyl (C=O) groups is 1. The molecule has 222 valence electrons. The molecule has 3 N–H and O–H groups in total. The minimum absolute atomic E-state index is 0. The number of amides is 1. The van der Waals surface area contributed by atoms with Gasteiger partial charge < -0.3 is 25.4 Å². The number of carbonyl (C=O) groups excluding carboxylic acids is 1. The number of hydrogen-bond acceptors (Lipinski definition) is 8. The molecule has 13 heteroatoms. The third-order valence-electron chi connectivity index (χ3n) is 8.23. The number of likely N-dealkylation sites (tertiary alicyclic amines) is 1. The number of anilines is 3. The minimum atomic E-state index is -1.07. The van der Waals surface area contributed by atoms with Crippen LogP contribution in [0.3, 0.4) is 0 Å². The van der Waals surface area contributed by atoms with E-state index in [0.29, 0.717) is 55.4 Å². The molecule has 2 aromatic heterocycles. The Bertz CT molecular complexity index is 1370. The van der Waals surface area contributed by atoms with E-state index in [1.54, 1.807) is 10.8 Å². The van der Waals surface area contributed by atoms with Gasteiger partial charge in [0.05, 0.1) is 31.5 Å². The van der Waals surface area contributed by atoms with E-state index >= 15 is 0 Å². The van der Waals surface area contributed by atoms with Crippen molar-refractivity contribution in [3.8, 4) is 0 Å². The Morgan fingerprint density at radius 1 is 1.07 bits per heavy atom. The number of benzene rings is 1. The van der Waals surface area contributed by atoms with E-state index in [9.17, 15) is 23.1 Å². The third kappa shape index (κ3) is 5.82. The van der Waals surface area contributed by atoms with Crippen molar-refractivity contribution in [1.82, 2.24) is 24.4 Å². The van der Waals surface area contributed by atoms with Crippen LogP contribution in [0.15, 0.2) is 18.3 Å². The Labute approximate surface area is 236 Å². The first-order chi connectivity index (χ1) is 19.4. The first-order valence-electron chi connectivity index (χ1n) is 13.8. The van der Waals surface area contributed by atoms with E-state index in [1.807, 2.05) is 4.90 Å². The lowest BCUT2D eigenvalue weighted by molar-refractivity contribution is -0.138. The molecule has 1 aliphatic carbocycles. The molecule has 2 atom stereocenters. The van der Waals surface area contributed by atoms with Crippen LogP contribution in [-0.4, -0.2) is 73.9 Å². The Morgan fingerprint density at radius 3 is 2.51 bits per heavy atom. The highest BCUT2D eigenvalue weighted by molar-refractivity contribution is 5.80. The second kappa shape index (κ2) is 12.2. The van der Waals surface area contributed by atoms with Gasteiger partial charge in [-0.1, -0.05) is 7.43 Å². The summed E-state index contributed by atoms with van der Waals surface area (Å²) in [6, 6.07) is 1.07. The number of nitrogens with one attached hydrogen (secondary N) is 2. The summed E-state index contributed by atoms with van der Waals surface area (Å²) in [5.41, 5.74) is 0.404. The predicted octanol–water partition coefficient (Wildman–Crippen LogP) is 4.54. The smallest absolute Gasteiger partial charge is 0.226 e. The highest BCUT2D eigenvalue weighted by Crippen LogP contribution is 2.33. The standard InChI is InChI=1S/C27H32F3N7O3.CH4/c28-16-10-20(29)23(21(30)11-16)34-27-33-22-12-31-26(35-24(22)37(27)19-7-9-40-14-19)32-17-5-3-15(4-6-17)25(39)36-8-1-2-18(36)13-38;/h10-12,15,17-19,38H,1-9,13-14H2,(H,33,34)(H,31,32,35);1H4/t15?,17?,18-,19-;/m0./s1. The molecule has 1 amide bonds. The second-order valence-electron chi connectivity index (χ2n) is 10.8. The molecule has 0 radical (unpaired) electrons. The lowest BCUT2D eigenvalue weighted by atomic mass is 9.85. The molecule has 0 spiro atoms. The van der Waals surface area contributed by atoms with Crippen LogP contribution in [0.4, 0.5) is 30.8 Å². The number of rotatable bonds is 7. The SMILES string of the molecule is C.O=C(C1CCC(Nc2ncc3nc(Nc4c(F)cc(F)cc4F)n([C@H]4CCOC4)c3n2)CC1)N1CCC[C@H]1CO. The van der Waals surface area contributed by atoms with Crippen molar-refractivity contribution in [1.29, 1.82) is 0 Å². The topological polar surface area (TPSA) is 117 Å². The van der Waals surface area contributed by atoms with Gasteiger partial charge in [0, 0.05) is 37.2 Å². The van der Waals surface area contributed by atoms with Crippen LogP contribution in [0.5, 0.6) is 0 Å². The number of imidazole rings is 1. The molecule has 0 bridgehead atoms. The summed E-state index contributed by atoms with van der Waals surface area (Å²) in [7, 11) is 0. The summed E-state index contributed by atoms with van der Waals surface area (Å²) < 4.78 is 49.6. The van der Waals surface area contributed by atoms with Crippen LogP contribution in [0.1, 0.15) is 58.4 Å². The second-order valence-corrected chi connectivity index (χ2v) is 10.8. The summed E-state index contributed by atoms with van der Waals surface area (Å²) in [6.45, 7) is 1.63. The highest BCUT2D eigenvalue weighted by atomic mass is 19.1. The Kier molecular flexibility index (Phi) is 8.64. The van der Waals surface area contributed by atoms with Crippen LogP contribution >= 0.6 is 0 Å². The third-order valence-corrected chi connectivity index (χ3v) is 8.23. The van der Waals surface area contributed by atoms with E-state index in [0.717, 1.165) is 38.5 Å². The summed E-state index contributed by atoms with van der Waals surface area (Å²) in [4.78, 5) is 28.5. The molecule has 4 heterocycles. The minimum Gasteiger partial charge on any atom is -0.394 e. The number of aromatic nitrogens is 4. The number of nitrogens with zero attached hydrogens (tertiary/aromatic N) is 5. The highest BCUT2D eigenvalue weighted by Gasteiger charge is 2.35. The quantitative estimate of drug-likeness (QED) is 0.376. The number of hydrogen-bond donors (Lipinski definition) is 3. The first kappa shape index (κ1) is 29.1. The van der Waals surface area contributed by atoms with Crippen LogP contribution in [-0.2, 0) is 9.53 Å². The van der Waals surface area contributed by atoms with Crippen LogP contribution in [0, 0.1) is 23.4 Å². The van der Waals surface area contributed by atoms with Crippen LogP contribution < -0.4 is 10.6 Å². The van der Waals surface area contributed by atoms with Gasteiger partial charge in [0.25, 0.3) is 0 Å². The fraction of sp³-hybridized carbons (Fsp3) is 0.571. The predicted molar refractivity (Wildman–Crippen MR) is 147 cm³/mol. The van der Waals surface area contributed by atoms with Crippen molar-refractivity contribution in [3.05, 3.63) is 35.8 Å². The van der Waals surface area contributed by atoms with Gasteiger partial charge in [0.1, 0.15) is 17.0 Å². The molecule has 1 aromatic carbocycles. The van der Waals surface area contributed by atoms with Crippen LogP contribution in [0.2, 0.25) is 0 Å². The Balaban J connectivity index is 0.00000337. The average Bonchev–Trinajstić information content (AvgIpc) is 3.70. The normalized spacial score (nSPS) is 24.4. The summed E-state index contributed by atoms with van der Waals surface area (Å²) in [6.07, 6.45) is 7.05. The van der Waals surface area contributed by atoms with Gasteiger partial charge in [-0.3, -0.25) is 9.36 Å². The van der Waals surface area contributed by atoms with Crippen LogP contribution in [0.25, 0.3) is 11.2 Å². The fourth-order valence-electron chi connectivity index (χ4n) is 6.11. The van der Waals surface area contributed by atoms with Crippen molar-refractivity contribution < 1.29 is 27.8 Å². The van der Waals surface area contributed by atoms with Gasteiger partial charge in [0.15, 0.2) is 17.3 Å². The van der Waals surface area contributed by atoms with Crippen molar-refractivity contribution >= 4 is 34.7 Å². The number of halogens is 3. The van der Waals surface area contributed by atoms with Gasteiger partial charge in [-0.05, 0) is 44.9 Å². The monoisotopic (exact) mass is 575 g/mol. The van der Waals surface area contributed by atoms with Crippen molar-refractivity contribution in [3.63, 3.8) is 0 Å². The maximum atomic E-state index is 14.4. The fourth-order valence-corrected chi connectivity index (χ4v) is 6.11. The first-order valence-corrected chi connectivity index (χ1v) is 13.8. The van der Waals surface area contributed by atoms with Gasteiger partial charge in [-0.25, -0.2) is 23.1 Å². The molecule has 6 rings (SSSR count). The molecule has 2 saturated heterocycles. The molecule has 1 saturated carbocycles. The molecule has 10 nitrogen and oxygen atoms in total. The molecular weight excluding hydrogens is 539 g/mol. The van der Waals surface area contributed by atoms with Gasteiger partial charge in [-0.15, -0.1) is 0 Å². The van der Waals surface area contributed by atoms with E-state index in [-0.39, 0.29) is 49.9 Å². The van der Waals surface area contributed by atoms with Crippen molar-refractivity contribution in [2.24, 2.45) is 5.92 Å². The zero-order chi connectivity index (χ0) is 27.8. The Morgan fingerprint density at radius 2 is 1.83 bits per heavy atom. The maximum absolute atomic E-state index is 14.4. The van der Waals surface area contributed by atoms with Gasteiger partial charge >= 0.3 is 0 Å². The number of aliphatic hydroxyl groups is 1. The average molecular weight is 576 g/mol. The molecule has 3 fully saturated rings. The lowest BCUT2D eigenvalue weighted by Crippen LogP contribution is -2.43. The van der Waals surface area contributed by atoms with E-state index < -0.39 is 23.1 Å². The van der Waals surface area contributed by atoms with E-state index in [2.05, 4.69) is 20.6 Å². The summed E-state index contributed by atoms with van der Waals surface area (Å²) in [5, 5.41) is 15.7. The summed E-state index contributed by atoms with van der Waals surface area (Å²) >= 11 is 0. The maximum Gasteiger partial charge on any atom is 0.226 e. The molecule has 3 aromatic rings. The summed E-state index contributed by atoms with van der Waals surface area (Å²) in [5.74, 6) is -2.50. The molecule has 3 aliphatic rings. The molecular formula is C28H36F3N7O3. The molecule has 0 unspecified atom stereocenters. The largest absolute Gasteiger partial charge is 0.394 e. The zero-order valence-corrected chi connectivity index (χ0v) is 22.0. The lowest BCUT2D eigenvalue weighted by Gasteiger charge is -2.32. The number of aliphatic hydroxyl groups excluding tert-OH is 1. The van der Waals surface area contributed by atoms with E-state index in [1.165, 1.54) is 0 Å². The Hall–Kier alpha value is -3.45.